The summed E-state index contributed by atoms with van der Waals surface area (Å²) in [5.41, 5.74) is 2.19. The Bertz CT molecular complexity index is 971. The highest BCUT2D eigenvalue weighted by molar-refractivity contribution is 7.89. The molecule has 3 rings (SSSR count). The van der Waals surface area contributed by atoms with Crippen molar-refractivity contribution in [2.75, 3.05) is 13.1 Å². The van der Waals surface area contributed by atoms with Gasteiger partial charge in [0.2, 0.25) is 15.9 Å². The fraction of sp³-hybridized carbons (Fsp3) is 0.350. The number of benzene rings is 2. The van der Waals surface area contributed by atoms with Gasteiger partial charge in [-0.05, 0) is 43.5 Å². The summed E-state index contributed by atoms with van der Waals surface area (Å²) >= 11 is 12.0. The van der Waals surface area contributed by atoms with E-state index in [0.29, 0.717) is 24.4 Å². The molecule has 1 N–H and O–H groups in total. The lowest BCUT2D eigenvalue weighted by molar-refractivity contribution is -0.126. The van der Waals surface area contributed by atoms with Crippen LogP contribution < -0.4 is 5.32 Å². The van der Waals surface area contributed by atoms with Gasteiger partial charge < -0.3 is 5.32 Å². The van der Waals surface area contributed by atoms with E-state index in [2.05, 4.69) is 5.32 Å². The fourth-order valence-electron chi connectivity index (χ4n) is 3.33. The third kappa shape index (κ3) is 4.87. The van der Waals surface area contributed by atoms with Crippen LogP contribution in [0.4, 0.5) is 0 Å². The Morgan fingerprint density at radius 1 is 1.14 bits per heavy atom. The lowest BCUT2D eigenvalue weighted by Gasteiger charge is -2.30. The minimum Gasteiger partial charge on any atom is -0.352 e. The topological polar surface area (TPSA) is 66.5 Å². The molecule has 150 valence electrons. The largest absolute Gasteiger partial charge is 0.352 e. The van der Waals surface area contributed by atoms with Crippen LogP contribution >= 0.6 is 23.2 Å². The van der Waals surface area contributed by atoms with Gasteiger partial charge in [-0.25, -0.2) is 8.42 Å². The molecule has 0 atom stereocenters. The molecule has 2 aromatic rings. The summed E-state index contributed by atoms with van der Waals surface area (Å²) in [4.78, 5) is 12.5. The van der Waals surface area contributed by atoms with Gasteiger partial charge in [0.05, 0.1) is 5.02 Å². The molecule has 0 radical (unpaired) electrons. The zero-order chi connectivity index (χ0) is 20.3. The van der Waals surface area contributed by atoms with Crippen molar-refractivity contribution in [2.24, 2.45) is 5.92 Å². The number of nitrogens with zero attached hydrogens (tertiary/aromatic N) is 1. The minimum atomic E-state index is -3.74. The summed E-state index contributed by atoms with van der Waals surface area (Å²) in [7, 11) is -3.74. The third-order valence-electron chi connectivity index (χ3n) is 4.89. The van der Waals surface area contributed by atoms with Crippen molar-refractivity contribution < 1.29 is 13.2 Å². The number of amides is 1. The lowest BCUT2D eigenvalue weighted by atomic mass is 9.97. The minimum absolute atomic E-state index is 0.00372. The number of halogens is 2. The number of piperidine rings is 1. The molecule has 1 aliphatic heterocycles. The van der Waals surface area contributed by atoms with Crippen LogP contribution in [0.2, 0.25) is 10.0 Å². The van der Waals surface area contributed by atoms with E-state index >= 15 is 0 Å². The second-order valence-electron chi connectivity index (χ2n) is 6.96. The molecular weight excluding hydrogens is 419 g/mol. The highest BCUT2D eigenvalue weighted by Gasteiger charge is 2.33. The van der Waals surface area contributed by atoms with Crippen LogP contribution in [0.25, 0.3) is 0 Å². The SMILES string of the molecule is Cc1cccc(CNC(=O)C2CCN(S(=O)(=O)c3cc(Cl)ccc3Cl)CC2)c1. The summed E-state index contributed by atoms with van der Waals surface area (Å²) in [6.45, 7) is 3.02. The van der Waals surface area contributed by atoms with Crippen LogP contribution in [0.15, 0.2) is 47.4 Å². The first-order valence-electron chi connectivity index (χ1n) is 9.06. The van der Waals surface area contributed by atoms with E-state index in [0.717, 1.165) is 11.1 Å². The molecule has 8 heteroatoms. The number of carbonyl (C=O) groups is 1. The van der Waals surface area contributed by atoms with Crippen LogP contribution in [0, 0.1) is 12.8 Å². The molecule has 0 bridgehead atoms. The third-order valence-corrected chi connectivity index (χ3v) is 7.50. The van der Waals surface area contributed by atoms with Crippen LogP contribution in [0.3, 0.4) is 0 Å². The van der Waals surface area contributed by atoms with Gasteiger partial charge in [0.25, 0.3) is 0 Å². The second kappa shape index (κ2) is 8.82. The van der Waals surface area contributed by atoms with Gasteiger partial charge in [0.15, 0.2) is 0 Å². The first kappa shape index (κ1) is 21.1. The smallest absolute Gasteiger partial charge is 0.244 e. The molecule has 2 aromatic carbocycles. The van der Waals surface area contributed by atoms with E-state index in [1.54, 1.807) is 6.07 Å². The fourth-order valence-corrected chi connectivity index (χ4v) is 5.53. The summed E-state index contributed by atoms with van der Waals surface area (Å²) in [5.74, 6) is -0.245. The van der Waals surface area contributed by atoms with Crippen molar-refractivity contribution in [2.45, 2.75) is 31.2 Å². The first-order chi connectivity index (χ1) is 13.3. The van der Waals surface area contributed by atoms with Crippen molar-refractivity contribution in [3.63, 3.8) is 0 Å². The molecule has 5 nitrogen and oxygen atoms in total. The van der Waals surface area contributed by atoms with E-state index in [1.165, 1.54) is 16.4 Å². The molecule has 0 spiro atoms. The van der Waals surface area contributed by atoms with Gasteiger partial charge in [-0.2, -0.15) is 4.31 Å². The van der Waals surface area contributed by atoms with Crippen LogP contribution in [0.5, 0.6) is 0 Å². The van der Waals surface area contributed by atoms with Crippen molar-refractivity contribution >= 4 is 39.1 Å². The van der Waals surface area contributed by atoms with Crippen LogP contribution in [0.1, 0.15) is 24.0 Å². The molecule has 1 amide bonds. The van der Waals surface area contributed by atoms with Gasteiger partial charge in [-0.1, -0.05) is 53.0 Å². The number of nitrogens with one attached hydrogen (secondary N) is 1. The van der Waals surface area contributed by atoms with Gasteiger partial charge >= 0.3 is 0 Å². The number of aryl methyl sites for hydroxylation is 1. The van der Waals surface area contributed by atoms with E-state index in [1.807, 2.05) is 31.2 Å². The predicted molar refractivity (Wildman–Crippen MR) is 111 cm³/mol. The van der Waals surface area contributed by atoms with E-state index in [4.69, 9.17) is 23.2 Å². The molecule has 0 aliphatic carbocycles. The number of hydrogen-bond donors (Lipinski definition) is 1. The molecule has 0 aromatic heterocycles. The Hall–Kier alpha value is -1.60. The highest BCUT2D eigenvalue weighted by Crippen LogP contribution is 2.30. The Labute approximate surface area is 175 Å². The Morgan fingerprint density at radius 3 is 2.54 bits per heavy atom. The molecule has 1 aliphatic rings. The zero-order valence-corrected chi connectivity index (χ0v) is 17.8. The molecule has 1 fully saturated rings. The summed E-state index contributed by atoms with van der Waals surface area (Å²) in [5, 5.41) is 3.41. The van der Waals surface area contributed by atoms with Gasteiger partial charge in [-0.15, -0.1) is 0 Å². The van der Waals surface area contributed by atoms with E-state index in [9.17, 15) is 13.2 Å². The monoisotopic (exact) mass is 440 g/mol. The molecule has 0 saturated carbocycles. The summed E-state index contributed by atoms with van der Waals surface area (Å²) < 4.78 is 27.1. The first-order valence-corrected chi connectivity index (χ1v) is 11.3. The average Bonchev–Trinajstić information content (AvgIpc) is 2.68. The average molecular weight is 441 g/mol. The Kier molecular flexibility index (Phi) is 6.65. The van der Waals surface area contributed by atoms with E-state index < -0.39 is 10.0 Å². The maximum absolute atomic E-state index is 12.9. The summed E-state index contributed by atoms with van der Waals surface area (Å²) in [6, 6.07) is 12.4. The maximum Gasteiger partial charge on any atom is 0.244 e. The molecule has 1 saturated heterocycles. The zero-order valence-electron chi connectivity index (χ0n) is 15.5. The van der Waals surface area contributed by atoms with Gasteiger partial charge in [0.1, 0.15) is 4.90 Å². The lowest BCUT2D eigenvalue weighted by Crippen LogP contribution is -2.42. The second-order valence-corrected chi connectivity index (χ2v) is 9.71. The van der Waals surface area contributed by atoms with Gasteiger partial charge in [-0.3, -0.25) is 4.79 Å². The normalized spacial score (nSPS) is 16.1. The van der Waals surface area contributed by atoms with Crippen molar-refractivity contribution in [3.05, 3.63) is 63.6 Å². The Balaban J connectivity index is 1.59. The molecule has 28 heavy (non-hydrogen) atoms. The Morgan fingerprint density at radius 2 is 1.86 bits per heavy atom. The van der Waals surface area contributed by atoms with E-state index in [-0.39, 0.29) is 34.8 Å². The maximum atomic E-state index is 12.9. The standard InChI is InChI=1S/C20H22Cl2N2O3S/c1-14-3-2-4-15(11-14)13-23-20(25)16-7-9-24(10-8-16)28(26,27)19-12-17(21)5-6-18(19)22/h2-6,11-12,16H,7-10,13H2,1H3,(H,23,25). The molecular formula is C20H22Cl2N2O3S. The van der Waals surface area contributed by atoms with Gasteiger partial charge in [0, 0.05) is 30.6 Å². The highest BCUT2D eigenvalue weighted by atomic mass is 35.5. The van der Waals surface area contributed by atoms with Crippen LogP contribution in [-0.4, -0.2) is 31.7 Å². The number of hydrogen-bond acceptors (Lipinski definition) is 3. The van der Waals surface area contributed by atoms with Crippen LogP contribution in [-0.2, 0) is 21.4 Å². The molecule has 0 unspecified atom stereocenters. The number of rotatable bonds is 5. The summed E-state index contributed by atoms with van der Waals surface area (Å²) in [6.07, 6.45) is 0.939. The van der Waals surface area contributed by atoms with Crippen molar-refractivity contribution in [1.29, 1.82) is 0 Å². The predicted octanol–water partition coefficient (Wildman–Crippen LogP) is 4.02. The quantitative estimate of drug-likeness (QED) is 0.762. The van der Waals surface area contributed by atoms with Crippen molar-refractivity contribution in [3.8, 4) is 0 Å². The number of carbonyl (C=O) groups excluding carboxylic acids is 1. The molecule has 1 heterocycles. The van der Waals surface area contributed by atoms with Crippen molar-refractivity contribution in [1.82, 2.24) is 9.62 Å². The number of sulfonamides is 1.